The molecule has 0 saturated carbocycles. The van der Waals surface area contributed by atoms with Crippen LogP contribution < -0.4 is 10.6 Å². The SMILES string of the molecule is COCCNC(=O)C1(F)CCCN(C(=O)Nc2ccccc2Cl)C1. The molecule has 8 heteroatoms. The van der Waals surface area contributed by atoms with Crippen LogP contribution in [-0.2, 0) is 9.53 Å². The molecule has 1 aromatic carbocycles. The van der Waals surface area contributed by atoms with Crippen molar-refractivity contribution in [1.29, 1.82) is 0 Å². The lowest BCUT2D eigenvalue weighted by molar-refractivity contribution is -0.135. The molecule has 0 radical (unpaired) electrons. The molecule has 2 N–H and O–H groups in total. The first-order chi connectivity index (χ1) is 11.5. The van der Waals surface area contributed by atoms with Crippen molar-refractivity contribution in [3.63, 3.8) is 0 Å². The van der Waals surface area contributed by atoms with Crippen LogP contribution in [0.25, 0.3) is 0 Å². The Morgan fingerprint density at radius 3 is 2.88 bits per heavy atom. The topological polar surface area (TPSA) is 70.7 Å². The predicted molar refractivity (Wildman–Crippen MR) is 90.0 cm³/mol. The van der Waals surface area contributed by atoms with Gasteiger partial charge in [-0.15, -0.1) is 0 Å². The van der Waals surface area contributed by atoms with E-state index in [1.54, 1.807) is 24.3 Å². The third-order valence-electron chi connectivity index (χ3n) is 3.84. The van der Waals surface area contributed by atoms with E-state index in [1.165, 1.54) is 12.0 Å². The summed E-state index contributed by atoms with van der Waals surface area (Å²) in [4.78, 5) is 25.7. The maximum atomic E-state index is 14.9. The molecule has 3 amide bonds. The first-order valence-corrected chi connectivity index (χ1v) is 8.11. The van der Waals surface area contributed by atoms with Crippen molar-refractivity contribution in [1.82, 2.24) is 10.2 Å². The molecule has 1 saturated heterocycles. The van der Waals surface area contributed by atoms with Gasteiger partial charge in [0.15, 0.2) is 0 Å². The van der Waals surface area contributed by atoms with Crippen LogP contribution in [0.1, 0.15) is 12.8 Å². The molecule has 0 aliphatic carbocycles. The van der Waals surface area contributed by atoms with Gasteiger partial charge in [-0.3, -0.25) is 4.79 Å². The number of halogens is 2. The number of nitrogens with zero attached hydrogens (tertiary/aromatic N) is 1. The first kappa shape index (κ1) is 18.5. The van der Waals surface area contributed by atoms with Gasteiger partial charge < -0.3 is 20.3 Å². The van der Waals surface area contributed by atoms with Gasteiger partial charge in [-0.25, -0.2) is 9.18 Å². The smallest absolute Gasteiger partial charge is 0.322 e. The van der Waals surface area contributed by atoms with Gasteiger partial charge in [-0.2, -0.15) is 0 Å². The van der Waals surface area contributed by atoms with E-state index in [1.807, 2.05) is 0 Å². The summed E-state index contributed by atoms with van der Waals surface area (Å²) < 4.78 is 19.7. The van der Waals surface area contributed by atoms with Crippen molar-refractivity contribution in [3.8, 4) is 0 Å². The minimum Gasteiger partial charge on any atom is -0.383 e. The van der Waals surface area contributed by atoms with Crippen LogP contribution in [0, 0.1) is 0 Å². The fourth-order valence-electron chi connectivity index (χ4n) is 2.55. The molecular weight excluding hydrogens is 337 g/mol. The van der Waals surface area contributed by atoms with E-state index in [9.17, 15) is 14.0 Å². The number of hydrogen-bond donors (Lipinski definition) is 2. The van der Waals surface area contributed by atoms with E-state index >= 15 is 0 Å². The lowest BCUT2D eigenvalue weighted by Gasteiger charge is -2.36. The summed E-state index contributed by atoms with van der Waals surface area (Å²) >= 11 is 6.00. The Morgan fingerprint density at radius 1 is 1.42 bits per heavy atom. The Bertz CT molecular complexity index is 602. The van der Waals surface area contributed by atoms with Crippen LogP contribution in [0.3, 0.4) is 0 Å². The number of carbonyl (C=O) groups is 2. The van der Waals surface area contributed by atoms with Gasteiger partial charge in [0.1, 0.15) is 0 Å². The second-order valence-corrected chi connectivity index (χ2v) is 6.06. The van der Waals surface area contributed by atoms with Crippen molar-refractivity contribution in [2.45, 2.75) is 18.5 Å². The number of nitrogens with one attached hydrogen (secondary N) is 2. The van der Waals surface area contributed by atoms with Crippen molar-refractivity contribution < 1.29 is 18.7 Å². The molecule has 6 nitrogen and oxygen atoms in total. The van der Waals surface area contributed by atoms with Gasteiger partial charge in [0.2, 0.25) is 5.67 Å². The highest BCUT2D eigenvalue weighted by molar-refractivity contribution is 6.33. The number of methoxy groups -OCH3 is 1. The second kappa shape index (κ2) is 8.30. The van der Waals surface area contributed by atoms with Crippen molar-refractivity contribution in [2.24, 2.45) is 0 Å². The summed E-state index contributed by atoms with van der Waals surface area (Å²) in [5.41, 5.74) is -1.65. The number of urea groups is 1. The predicted octanol–water partition coefficient (Wildman–Crippen LogP) is 2.44. The maximum absolute atomic E-state index is 14.9. The molecular formula is C16H21ClFN3O3. The Kier molecular flexibility index (Phi) is 6.39. The minimum absolute atomic E-state index is 0.0850. The fraction of sp³-hybridized carbons (Fsp3) is 0.500. The summed E-state index contributed by atoms with van der Waals surface area (Å²) in [6.45, 7) is 0.626. The number of amides is 3. The van der Waals surface area contributed by atoms with Gasteiger partial charge >= 0.3 is 6.03 Å². The maximum Gasteiger partial charge on any atom is 0.322 e. The number of benzene rings is 1. The van der Waals surface area contributed by atoms with E-state index in [-0.39, 0.29) is 19.5 Å². The summed E-state index contributed by atoms with van der Waals surface area (Å²) in [5, 5.41) is 5.53. The summed E-state index contributed by atoms with van der Waals surface area (Å²) in [5.74, 6) is -0.713. The number of ether oxygens (including phenoxy) is 1. The number of anilines is 1. The number of para-hydroxylation sites is 1. The number of likely N-dealkylation sites (tertiary alicyclic amines) is 1. The van der Waals surface area contributed by atoms with Crippen molar-refractivity contribution >= 4 is 29.2 Å². The van der Waals surface area contributed by atoms with Gasteiger partial charge in [0.05, 0.1) is 23.9 Å². The fourth-order valence-corrected chi connectivity index (χ4v) is 2.73. The summed E-state index contributed by atoms with van der Waals surface area (Å²) in [6.07, 6.45) is 0.492. The van der Waals surface area contributed by atoms with Crippen LogP contribution >= 0.6 is 11.6 Å². The molecule has 132 valence electrons. The molecule has 2 rings (SSSR count). The zero-order chi connectivity index (χ0) is 17.6. The van der Waals surface area contributed by atoms with Gasteiger partial charge in [0, 0.05) is 20.2 Å². The molecule has 0 bridgehead atoms. The Balaban J connectivity index is 1.97. The van der Waals surface area contributed by atoms with Gasteiger partial charge in [-0.05, 0) is 25.0 Å². The molecule has 1 aliphatic rings. The minimum atomic E-state index is -2.09. The average Bonchev–Trinajstić information content (AvgIpc) is 2.57. The Hall–Kier alpha value is -1.86. The third kappa shape index (κ3) is 4.58. The highest BCUT2D eigenvalue weighted by Crippen LogP contribution is 2.27. The first-order valence-electron chi connectivity index (χ1n) is 7.73. The average molecular weight is 358 g/mol. The van der Waals surface area contributed by atoms with Crippen LogP contribution in [-0.4, -0.2) is 55.9 Å². The molecule has 0 aromatic heterocycles. The largest absolute Gasteiger partial charge is 0.383 e. The zero-order valence-electron chi connectivity index (χ0n) is 13.5. The number of hydrogen-bond acceptors (Lipinski definition) is 3. The lowest BCUT2D eigenvalue weighted by atomic mass is 9.94. The normalized spacial score (nSPS) is 20.5. The van der Waals surface area contributed by atoms with E-state index in [2.05, 4.69) is 10.6 Å². The third-order valence-corrected chi connectivity index (χ3v) is 4.17. The molecule has 0 spiro atoms. The number of alkyl halides is 1. The Labute approximate surface area is 145 Å². The van der Waals surface area contributed by atoms with Gasteiger partial charge in [-0.1, -0.05) is 23.7 Å². The number of rotatable bonds is 5. The van der Waals surface area contributed by atoms with Crippen LogP contribution in [0.2, 0.25) is 5.02 Å². The van der Waals surface area contributed by atoms with E-state index < -0.39 is 17.6 Å². The van der Waals surface area contributed by atoms with Crippen LogP contribution in [0.4, 0.5) is 14.9 Å². The van der Waals surface area contributed by atoms with Crippen molar-refractivity contribution in [3.05, 3.63) is 29.3 Å². The molecule has 1 aromatic rings. The molecule has 24 heavy (non-hydrogen) atoms. The number of carbonyl (C=O) groups excluding carboxylic acids is 2. The van der Waals surface area contributed by atoms with Gasteiger partial charge in [0.25, 0.3) is 5.91 Å². The second-order valence-electron chi connectivity index (χ2n) is 5.65. The molecule has 1 unspecified atom stereocenters. The summed E-state index contributed by atoms with van der Waals surface area (Å²) in [6, 6.07) is 6.31. The monoisotopic (exact) mass is 357 g/mol. The lowest BCUT2D eigenvalue weighted by Crippen LogP contribution is -2.56. The molecule has 1 fully saturated rings. The van der Waals surface area contributed by atoms with Crippen LogP contribution in [0.15, 0.2) is 24.3 Å². The summed E-state index contributed by atoms with van der Waals surface area (Å²) in [7, 11) is 1.50. The Morgan fingerprint density at radius 2 is 2.17 bits per heavy atom. The van der Waals surface area contributed by atoms with E-state index in [4.69, 9.17) is 16.3 Å². The van der Waals surface area contributed by atoms with Crippen LogP contribution in [0.5, 0.6) is 0 Å². The quantitative estimate of drug-likeness (QED) is 0.795. The molecule has 1 heterocycles. The zero-order valence-corrected chi connectivity index (χ0v) is 14.2. The van der Waals surface area contributed by atoms with Crippen molar-refractivity contribution in [2.75, 3.05) is 38.7 Å². The molecule has 1 atom stereocenters. The van der Waals surface area contributed by atoms with E-state index in [0.29, 0.717) is 30.3 Å². The van der Waals surface area contributed by atoms with E-state index in [0.717, 1.165) is 0 Å². The number of piperidine rings is 1. The molecule has 1 aliphatic heterocycles. The highest BCUT2D eigenvalue weighted by Gasteiger charge is 2.43. The standard InChI is InChI=1S/C16H21ClFN3O3/c1-24-10-8-19-14(22)16(18)7-4-9-21(11-16)15(23)20-13-6-3-2-5-12(13)17/h2-3,5-6H,4,7-11H2,1H3,(H,19,22)(H,20,23). The highest BCUT2D eigenvalue weighted by atomic mass is 35.5.